The molecule has 0 aromatic carbocycles. The number of amides is 1. The first-order chi connectivity index (χ1) is 12.0. The van der Waals surface area contributed by atoms with E-state index in [9.17, 15) is 9.59 Å². The molecule has 0 radical (unpaired) electrons. The molecule has 128 valence electrons. The molecular weight excluding hydrogens is 338 g/mol. The van der Waals surface area contributed by atoms with E-state index in [1.807, 2.05) is 26.0 Å². The molecule has 0 bridgehead atoms. The van der Waals surface area contributed by atoms with Crippen LogP contribution < -0.4 is 11.0 Å². The van der Waals surface area contributed by atoms with Gasteiger partial charge >= 0.3 is 0 Å². The average Bonchev–Trinajstić information content (AvgIpc) is 2.88. The SMILES string of the molecule is C/C(=N\NC(=O)Cc1nc2sc(C)c(C)c2c(=O)[nH]1)c1ccccn1. The molecule has 3 rings (SSSR count). The highest BCUT2D eigenvalue weighted by atomic mass is 32.1. The molecule has 1 amide bonds. The molecule has 0 unspecified atom stereocenters. The van der Waals surface area contributed by atoms with Crippen molar-refractivity contribution in [2.75, 3.05) is 0 Å². The number of hydrogen-bond donors (Lipinski definition) is 2. The van der Waals surface area contributed by atoms with Crippen LogP contribution in [0.25, 0.3) is 10.2 Å². The summed E-state index contributed by atoms with van der Waals surface area (Å²) < 4.78 is 0. The lowest BCUT2D eigenvalue weighted by Crippen LogP contribution is -2.24. The van der Waals surface area contributed by atoms with E-state index in [1.165, 1.54) is 11.3 Å². The maximum atomic E-state index is 12.2. The van der Waals surface area contributed by atoms with Crippen molar-refractivity contribution in [2.45, 2.75) is 27.2 Å². The van der Waals surface area contributed by atoms with Crippen LogP contribution >= 0.6 is 11.3 Å². The lowest BCUT2D eigenvalue weighted by atomic mass is 10.2. The van der Waals surface area contributed by atoms with Crippen LogP contribution in [0.5, 0.6) is 0 Å². The van der Waals surface area contributed by atoms with Crippen LogP contribution in [0, 0.1) is 13.8 Å². The number of pyridine rings is 1. The predicted molar refractivity (Wildman–Crippen MR) is 98.0 cm³/mol. The Bertz CT molecular complexity index is 1020. The van der Waals surface area contributed by atoms with E-state index in [1.54, 1.807) is 19.2 Å². The first kappa shape index (κ1) is 17.0. The molecule has 8 heteroatoms. The Labute approximate surface area is 147 Å². The van der Waals surface area contributed by atoms with Gasteiger partial charge in [0.2, 0.25) is 5.91 Å². The summed E-state index contributed by atoms with van der Waals surface area (Å²) >= 11 is 1.45. The zero-order valence-electron chi connectivity index (χ0n) is 14.1. The van der Waals surface area contributed by atoms with Crippen LogP contribution in [-0.4, -0.2) is 26.6 Å². The van der Waals surface area contributed by atoms with Crippen LogP contribution in [0.4, 0.5) is 0 Å². The number of aromatic nitrogens is 3. The van der Waals surface area contributed by atoms with Crippen molar-refractivity contribution in [3.63, 3.8) is 0 Å². The Hall–Kier alpha value is -2.87. The summed E-state index contributed by atoms with van der Waals surface area (Å²) in [6.07, 6.45) is 1.60. The largest absolute Gasteiger partial charge is 0.309 e. The summed E-state index contributed by atoms with van der Waals surface area (Å²) in [4.78, 5) is 37.2. The summed E-state index contributed by atoms with van der Waals surface area (Å²) in [6.45, 7) is 5.60. The molecule has 7 nitrogen and oxygen atoms in total. The number of carbonyl (C=O) groups excluding carboxylic acids is 1. The van der Waals surface area contributed by atoms with Gasteiger partial charge in [0, 0.05) is 11.1 Å². The van der Waals surface area contributed by atoms with E-state index in [0.29, 0.717) is 27.4 Å². The van der Waals surface area contributed by atoms with Crippen molar-refractivity contribution in [1.82, 2.24) is 20.4 Å². The second-order valence-electron chi connectivity index (χ2n) is 5.60. The Morgan fingerprint density at radius 2 is 2.16 bits per heavy atom. The number of fused-ring (bicyclic) bond motifs is 1. The molecule has 3 aromatic rings. The molecule has 25 heavy (non-hydrogen) atoms. The number of aryl methyl sites for hydroxylation is 2. The fraction of sp³-hybridized carbons (Fsp3) is 0.235. The Kier molecular flexibility index (Phi) is 4.71. The predicted octanol–water partition coefficient (Wildman–Crippen LogP) is 2.08. The molecule has 0 aliphatic heterocycles. The maximum absolute atomic E-state index is 12.2. The fourth-order valence-electron chi connectivity index (χ4n) is 2.35. The minimum atomic E-state index is -0.359. The summed E-state index contributed by atoms with van der Waals surface area (Å²) in [5.74, 6) is -0.0373. The number of hydrazone groups is 1. The highest BCUT2D eigenvalue weighted by Gasteiger charge is 2.13. The summed E-state index contributed by atoms with van der Waals surface area (Å²) in [5.41, 5.74) is 4.45. The van der Waals surface area contributed by atoms with Crippen molar-refractivity contribution in [3.8, 4) is 0 Å². The van der Waals surface area contributed by atoms with Crippen molar-refractivity contribution in [3.05, 3.63) is 56.7 Å². The third-order valence-corrected chi connectivity index (χ3v) is 4.90. The molecule has 3 aromatic heterocycles. The average molecular weight is 355 g/mol. The number of aromatic amines is 1. The minimum absolute atomic E-state index is 0.0554. The van der Waals surface area contributed by atoms with Crippen LogP contribution in [0.2, 0.25) is 0 Å². The zero-order valence-corrected chi connectivity index (χ0v) is 14.9. The first-order valence-corrected chi connectivity index (χ1v) is 8.51. The first-order valence-electron chi connectivity index (χ1n) is 7.69. The van der Waals surface area contributed by atoms with Crippen molar-refractivity contribution in [2.24, 2.45) is 5.10 Å². The second-order valence-corrected chi connectivity index (χ2v) is 6.80. The topological polar surface area (TPSA) is 100 Å². The van der Waals surface area contributed by atoms with E-state index in [2.05, 4.69) is 25.5 Å². The van der Waals surface area contributed by atoms with Crippen molar-refractivity contribution < 1.29 is 4.79 Å². The van der Waals surface area contributed by atoms with Gasteiger partial charge in [0.05, 0.1) is 23.2 Å². The Morgan fingerprint density at radius 1 is 1.36 bits per heavy atom. The van der Waals surface area contributed by atoms with E-state index < -0.39 is 0 Å². The smallest absolute Gasteiger partial charge is 0.259 e. The lowest BCUT2D eigenvalue weighted by molar-refractivity contribution is -0.120. The van der Waals surface area contributed by atoms with Crippen molar-refractivity contribution in [1.29, 1.82) is 0 Å². The number of thiophene rings is 1. The van der Waals surface area contributed by atoms with Crippen LogP contribution in [-0.2, 0) is 11.2 Å². The standard InChI is InChI=1S/C17H17N5O2S/c1-9-11(3)25-17-15(9)16(24)19-13(20-17)8-14(23)22-21-10(2)12-6-4-5-7-18-12/h4-7H,8H2,1-3H3,(H,22,23)(H,19,20,24)/b21-10+. The number of hydrogen-bond acceptors (Lipinski definition) is 6. The number of H-pyrrole nitrogens is 1. The molecule has 3 heterocycles. The van der Waals surface area contributed by atoms with Gasteiger partial charge in [-0.2, -0.15) is 5.10 Å². The molecule has 0 saturated carbocycles. The summed E-state index contributed by atoms with van der Waals surface area (Å²) in [7, 11) is 0. The lowest BCUT2D eigenvalue weighted by Gasteiger charge is -2.03. The second kappa shape index (κ2) is 6.94. The molecule has 0 atom stereocenters. The van der Waals surface area contributed by atoms with Crippen LogP contribution in [0.15, 0.2) is 34.3 Å². The summed E-state index contributed by atoms with van der Waals surface area (Å²) in [5, 5.41) is 4.62. The Morgan fingerprint density at radius 3 is 2.88 bits per heavy atom. The molecule has 0 saturated heterocycles. The van der Waals surface area contributed by atoms with E-state index in [-0.39, 0.29) is 17.9 Å². The van der Waals surface area contributed by atoms with E-state index >= 15 is 0 Å². The highest BCUT2D eigenvalue weighted by Crippen LogP contribution is 2.25. The van der Waals surface area contributed by atoms with Crippen molar-refractivity contribution >= 4 is 33.2 Å². The van der Waals surface area contributed by atoms with Gasteiger partial charge in [0.25, 0.3) is 5.56 Å². The monoisotopic (exact) mass is 355 g/mol. The molecule has 0 spiro atoms. The summed E-state index contributed by atoms with van der Waals surface area (Å²) in [6, 6.07) is 5.46. The fourth-order valence-corrected chi connectivity index (χ4v) is 3.40. The number of nitrogens with zero attached hydrogens (tertiary/aromatic N) is 3. The van der Waals surface area contributed by atoms with Gasteiger partial charge in [-0.1, -0.05) is 6.07 Å². The maximum Gasteiger partial charge on any atom is 0.259 e. The van der Waals surface area contributed by atoms with Crippen LogP contribution in [0.1, 0.15) is 28.9 Å². The molecule has 2 N–H and O–H groups in total. The quantitative estimate of drug-likeness (QED) is 0.553. The van der Waals surface area contributed by atoms with Gasteiger partial charge < -0.3 is 4.98 Å². The molecule has 0 aliphatic carbocycles. The third kappa shape index (κ3) is 3.63. The Balaban J connectivity index is 1.75. The van der Waals surface area contributed by atoms with Gasteiger partial charge in [-0.25, -0.2) is 10.4 Å². The van der Waals surface area contributed by atoms with Gasteiger partial charge in [0.15, 0.2) is 0 Å². The normalized spacial score (nSPS) is 11.7. The molecular formula is C17H17N5O2S. The number of carbonyl (C=O) groups is 1. The minimum Gasteiger partial charge on any atom is -0.309 e. The van der Waals surface area contributed by atoms with Gasteiger partial charge in [-0.3, -0.25) is 14.6 Å². The van der Waals surface area contributed by atoms with E-state index in [4.69, 9.17) is 0 Å². The molecule has 0 aliphatic rings. The van der Waals surface area contributed by atoms with Gasteiger partial charge in [-0.15, -0.1) is 11.3 Å². The molecule has 0 fully saturated rings. The van der Waals surface area contributed by atoms with Crippen LogP contribution in [0.3, 0.4) is 0 Å². The zero-order chi connectivity index (χ0) is 18.0. The number of nitrogens with one attached hydrogen (secondary N) is 2. The third-order valence-electron chi connectivity index (χ3n) is 3.80. The van der Waals surface area contributed by atoms with E-state index in [0.717, 1.165) is 10.4 Å². The van der Waals surface area contributed by atoms with Gasteiger partial charge in [-0.05, 0) is 38.5 Å². The number of rotatable bonds is 4. The van der Waals surface area contributed by atoms with Gasteiger partial charge in [0.1, 0.15) is 10.7 Å². The highest BCUT2D eigenvalue weighted by molar-refractivity contribution is 7.18.